The average Bonchev–Trinajstić information content (AvgIpc) is 2.76. The zero-order valence-electron chi connectivity index (χ0n) is 19.4. The number of benzene rings is 2. The minimum Gasteiger partial charge on any atom is -0.454 e. The second-order valence-corrected chi connectivity index (χ2v) is 8.56. The summed E-state index contributed by atoms with van der Waals surface area (Å²) in [4.78, 5) is 36.8. The molecule has 6 heteroatoms. The molecule has 0 saturated carbocycles. The summed E-state index contributed by atoms with van der Waals surface area (Å²) in [5, 5.41) is 5.48. The van der Waals surface area contributed by atoms with Gasteiger partial charge in [0.05, 0.1) is 6.42 Å². The molecule has 0 bridgehead atoms. The van der Waals surface area contributed by atoms with Gasteiger partial charge in [0.2, 0.25) is 5.91 Å². The summed E-state index contributed by atoms with van der Waals surface area (Å²) in [6, 6.07) is 16.8. The first kappa shape index (κ1) is 25.1. The van der Waals surface area contributed by atoms with Crippen molar-refractivity contribution >= 4 is 17.8 Å². The van der Waals surface area contributed by atoms with E-state index in [2.05, 4.69) is 48.7 Å². The zero-order valence-corrected chi connectivity index (χ0v) is 19.4. The van der Waals surface area contributed by atoms with Crippen LogP contribution in [0.1, 0.15) is 50.3 Å². The van der Waals surface area contributed by atoms with Crippen LogP contribution in [0, 0.1) is 5.92 Å². The molecule has 2 aromatic carbocycles. The van der Waals surface area contributed by atoms with Crippen LogP contribution in [0.25, 0.3) is 0 Å². The molecule has 0 aromatic heterocycles. The Hall–Kier alpha value is -3.15. The lowest BCUT2D eigenvalue weighted by molar-refractivity contribution is -0.152. The topological polar surface area (TPSA) is 84.5 Å². The Morgan fingerprint density at radius 1 is 0.844 bits per heavy atom. The van der Waals surface area contributed by atoms with Gasteiger partial charge >= 0.3 is 5.97 Å². The highest BCUT2D eigenvalue weighted by Crippen LogP contribution is 2.14. The normalized spacial score (nSPS) is 11.8. The number of nitrogens with one attached hydrogen (secondary N) is 2. The van der Waals surface area contributed by atoms with Crippen LogP contribution in [-0.4, -0.2) is 37.0 Å². The fraction of sp³-hybridized carbons (Fsp3) is 0.423. The van der Waals surface area contributed by atoms with Gasteiger partial charge in [-0.2, -0.15) is 0 Å². The largest absolute Gasteiger partial charge is 0.454 e. The molecule has 32 heavy (non-hydrogen) atoms. The van der Waals surface area contributed by atoms with Crippen molar-refractivity contribution in [2.45, 2.75) is 52.5 Å². The van der Waals surface area contributed by atoms with E-state index in [4.69, 9.17) is 4.74 Å². The lowest BCUT2D eigenvalue weighted by Crippen LogP contribution is -2.46. The van der Waals surface area contributed by atoms with Crippen LogP contribution in [0.2, 0.25) is 0 Å². The summed E-state index contributed by atoms with van der Waals surface area (Å²) in [5.74, 6) is -0.925. The Morgan fingerprint density at radius 2 is 1.50 bits per heavy atom. The van der Waals surface area contributed by atoms with Gasteiger partial charge in [-0.05, 0) is 34.9 Å². The first-order chi connectivity index (χ1) is 15.3. The maximum absolute atomic E-state index is 12.4. The van der Waals surface area contributed by atoms with Crippen molar-refractivity contribution in [3.8, 4) is 0 Å². The van der Waals surface area contributed by atoms with Crippen LogP contribution in [0.3, 0.4) is 0 Å². The highest BCUT2D eigenvalue weighted by atomic mass is 16.5. The Morgan fingerprint density at radius 3 is 2.09 bits per heavy atom. The lowest BCUT2D eigenvalue weighted by atomic mass is 10.0. The Balaban J connectivity index is 1.74. The van der Waals surface area contributed by atoms with Gasteiger partial charge in [0.1, 0.15) is 6.04 Å². The summed E-state index contributed by atoms with van der Waals surface area (Å²) >= 11 is 0. The van der Waals surface area contributed by atoms with Crippen LogP contribution in [0.5, 0.6) is 0 Å². The molecule has 2 aromatic rings. The van der Waals surface area contributed by atoms with Crippen molar-refractivity contribution < 1.29 is 19.1 Å². The molecule has 2 rings (SSSR count). The third-order valence-corrected chi connectivity index (χ3v) is 5.17. The van der Waals surface area contributed by atoms with E-state index in [1.54, 1.807) is 0 Å². The minimum atomic E-state index is -0.807. The quantitative estimate of drug-likeness (QED) is 0.527. The van der Waals surface area contributed by atoms with Crippen LogP contribution < -0.4 is 10.6 Å². The maximum Gasteiger partial charge on any atom is 0.329 e. The molecule has 6 nitrogen and oxygen atoms in total. The summed E-state index contributed by atoms with van der Waals surface area (Å²) in [6.45, 7) is 8.02. The molecule has 0 spiro atoms. The molecule has 0 aliphatic heterocycles. The standard InChI is InChI=1S/C26H34N2O4/c1-18(2)22-12-10-20(11-13-22)14-15-27-24(30)17-32-26(31)25(19(3)4)28-23(29)16-21-8-6-5-7-9-21/h5-13,18-19,25H,14-17H2,1-4H3,(H,27,30)(H,28,29)/t25-/m0/s1. The van der Waals surface area contributed by atoms with Gasteiger partial charge in [-0.15, -0.1) is 0 Å². The molecule has 2 amide bonds. The minimum absolute atomic E-state index is 0.168. The fourth-order valence-electron chi connectivity index (χ4n) is 3.20. The second-order valence-electron chi connectivity index (χ2n) is 8.56. The fourth-order valence-corrected chi connectivity index (χ4v) is 3.20. The Labute approximate surface area is 190 Å². The summed E-state index contributed by atoms with van der Waals surface area (Å²) in [7, 11) is 0. The highest BCUT2D eigenvalue weighted by Gasteiger charge is 2.26. The van der Waals surface area contributed by atoms with Gasteiger partial charge in [0.25, 0.3) is 5.91 Å². The average molecular weight is 439 g/mol. The third-order valence-electron chi connectivity index (χ3n) is 5.17. The third kappa shape index (κ3) is 8.53. The molecule has 0 heterocycles. The molecule has 0 radical (unpaired) electrons. The molecule has 2 N–H and O–H groups in total. The number of hydrogen-bond acceptors (Lipinski definition) is 4. The molecular weight excluding hydrogens is 404 g/mol. The van der Waals surface area contributed by atoms with Crippen molar-refractivity contribution in [2.75, 3.05) is 13.2 Å². The van der Waals surface area contributed by atoms with Gasteiger partial charge in [0.15, 0.2) is 6.61 Å². The van der Waals surface area contributed by atoms with Gasteiger partial charge in [-0.25, -0.2) is 4.79 Å². The number of hydrogen-bond donors (Lipinski definition) is 2. The number of amides is 2. The molecule has 1 atom stereocenters. The number of rotatable bonds is 11. The predicted octanol–water partition coefficient (Wildman–Crippen LogP) is 3.40. The number of esters is 1. The molecule has 0 aliphatic rings. The van der Waals surface area contributed by atoms with Crippen LogP contribution in [0.4, 0.5) is 0 Å². The highest BCUT2D eigenvalue weighted by molar-refractivity contribution is 5.87. The second kappa shape index (κ2) is 12.6. The van der Waals surface area contributed by atoms with Crippen LogP contribution >= 0.6 is 0 Å². The maximum atomic E-state index is 12.4. The molecule has 0 unspecified atom stereocenters. The van der Waals surface area contributed by atoms with Crippen molar-refractivity contribution in [3.05, 3.63) is 71.3 Å². The van der Waals surface area contributed by atoms with Crippen LogP contribution in [0.15, 0.2) is 54.6 Å². The molecule has 172 valence electrons. The molecule has 0 fully saturated rings. The summed E-state index contributed by atoms with van der Waals surface area (Å²) in [6.07, 6.45) is 0.873. The van der Waals surface area contributed by atoms with Crippen molar-refractivity contribution in [1.82, 2.24) is 10.6 Å². The van der Waals surface area contributed by atoms with Crippen molar-refractivity contribution in [3.63, 3.8) is 0 Å². The van der Waals surface area contributed by atoms with E-state index in [0.717, 1.165) is 11.1 Å². The first-order valence-electron chi connectivity index (χ1n) is 11.1. The monoisotopic (exact) mass is 438 g/mol. The SMILES string of the molecule is CC(C)c1ccc(CCNC(=O)COC(=O)[C@@H](NC(=O)Cc2ccccc2)C(C)C)cc1. The number of ether oxygens (including phenoxy) is 1. The van der Waals surface area contributed by atoms with E-state index in [1.165, 1.54) is 5.56 Å². The van der Waals surface area contributed by atoms with E-state index in [9.17, 15) is 14.4 Å². The van der Waals surface area contributed by atoms with Crippen molar-refractivity contribution in [1.29, 1.82) is 0 Å². The van der Waals surface area contributed by atoms with E-state index in [0.29, 0.717) is 18.9 Å². The number of carbonyl (C=O) groups excluding carboxylic acids is 3. The van der Waals surface area contributed by atoms with E-state index in [-0.39, 0.29) is 30.8 Å². The van der Waals surface area contributed by atoms with Crippen molar-refractivity contribution in [2.24, 2.45) is 5.92 Å². The van der Waals surface area contributed by atoms with E-state index >= 15 is 0 Å². The summed E-state index contributed by atoms with van der Waals surface area (Å²) in [5.41, 5.74) is 3.27. The smallest absolute Gasteiger partial charge is 0.329 e. The number of carbonyl (C=O) groups is 3. The molecule has 0 aliphatic carbocycles. The lowest BCUT2D eigenvalue weighted by Gasteiger charge is -2.20. The van der Waals surface area contributed by atoms with E-state index in [1.807, 2.05) is 44.2 Å². The Bertz CT molecular complexity index is 876. The molecule has 0 saturated heterocycles. The van der Waals surface area contributed by atoms with E-state index < -0.39 is 12.0 Å². The molecular formula is C26H34N2O4. The van der Waals surface area contributed by atoms with Gasteiger partial charge in [-0.3, -0.25) is 9.59 Å². The zero-order chi connectivity index (χ0) is 23.5. The van der Waals surface area contributed by atoms with Crippen LogP contribution in [-0.2, 0) is 32.0 Å². The summed E-state index contributed by atoms with van der Waals surface area (Å²) < 4.78 is 5.16. The van der Waals surface area contributed by atoms with Gasteiger partial charge < -0.3 is 15.4 Å². The van der Waals surface area contributed by atoms with Gasteiger partial charge in [0, 0.05) is 6.54 Å². The first-order valence-corrected chi connectivity index (χ1v) is 11.1. The van der Waals surface area contributed by atoms with Gasteiger partial charge in [-0.1, -0.05) is 82.3 Å². The Kier molecular flexibility index (Phi) is 9.92. The predicted molar refractivity (Wildman–Crippen MR) is 125 cm³/mol.